The van der Waals surface area contributed by atoms with E-state index < -0.39 is 26.7 Å². The average Bonchev–Trinajstić information content (AvgIpc) is 2.73. The lowest BCUT2D eigenvalue weighted by Crippen LogP contribution is -2.45. The fourth-order valence-electron chi connectivity index (χ4n) is 3.68. The summed E-state index contributed by atoms with van der Waals surface area (Å²) in [6.45, 7) is 0.845. The minimum Gasteiger partial charge on any atom is -0.299 e. The van der Waals surface area contributed by atoms with E-state index in [1.807, 2.05) is 11.9 Å². The Morgan fingerprint density at radius 2 is 1.74 bits per heavy atom. The van der Waals surface area contributed by atoms with Gasteiger partial charge in [-0.05, 0) is 43.7 Å². The summed E-state index contributed by atoms with van der Waals surface area (Å²) in [5.41, 5.74) is -0.338. The van der Waals surface area contributed by atoms with E-state index in [1.54, 1.807) is 6.07 Å². The molecular weight excluding hydrogens is 435 g/mol. The van der Waals surface area contributed by atoms with Gasteiger partial charge in [0.1, 0.15) is 0 Å². The number of benzene rings is 2. The van der Waals surface area contributed by atoms with E-state index in [1.165, 1.54) is 22.5 Å². The van der Waals surface area contributed by atoms with Gasteiger partial charge in [-0.25, -0.2) is 8.42 Å². The van der Waals surface area contributed by atoms with Crippen LogP contribution in [0.2, 0.25) is 0 Å². The number of hydrogen-bond donors (Lipinski definition) is 0. The Balaban J connectivity index is 1.61. The van der Waals surface area contributed by atoms with Gasteiger partial charge < -0.3 is 0 Å². The molecule has 0 saturated carbocycles. The van der Waals surface area contributed by atoms with Gasteiger partial charge in [-0.3, -0.25) is 15.0 Å². The van der Waals surface area contributed by atoms with Crippen LogP contribution < -0.4 is 0 Å². The second-order valence-electron chi connectivity index (χ2n) is 7.50. The highest BCUT2D eigenvalue weighted by Crippen LogP contribution is 2.30. The molecule has 7 nitrogen and oxygen atoms in total. The summed E-state index contributed by atoms with van der Waals surface area (Å²) in [6, 6.07) is 9.96. The monoisotopic (exact) mass is 457 g/mol. The van der Waals surface area contributed by atoms with Gasteiger partial charge >= 0.3 is 6.18 Å². The molecule has 0 atom stereocenters. The summed E-state index contributed by atoms with van der Waals surface area (Å²) in [4.78, 5) is 12.1. The van der Waals surface area contributed by atoms with E-state index in [9.17, 15) is 31.7 Å². The first-order chi connectivity index (χ1) is 14.5. The summed E-state index contributed by atoms with van der Waals surface area (Å²) < 4.78 is 65.7. The molecule has 168 valence electrons. The predicted octanol–water partition coefficient (Wildman–Crippen LogP) is 3.90. The van der Waals surface area contributed by atoms with E-state index >= 15 is 0 Å². The van der Waals surface area contributed by atoms with Crippen molar-refractivity contribution in [2.45, 2.75) is 36.5 Å². The molecule has 1 aliphatic heterocycles. The van der Waals surface area contributed by atoms with E-state index in [4.69, 9.17) is 0 Å². The predicted molar refractivity (Wildman–Crippen MR) is 108 cm³/mol. The summed E-state index contributed by atoms with van der Waals surface area (Å²) in [7, 11) is -1.96. The van der Waals surface area contributed by atoms with Crippen molar-refractivity contribution >= 4 is 15.7 Å². The molecule has 0 amide bonds. The van der Waals surface area contributed by atoms with Crippen LogP contribution in [0.15, 0.2) is 53.4 Å². The first-order valence-electron chi connectivity index (χ1n) is 9.59. The van der Waals surface area contributed by atoms with Crippen LogP contribution in [0.5, 0.6) is 0 Å². The third kappa shape index (κ3) is 5.41. The van der Waals surface area contributed by atoms with Gasteiger partial charge in [0.15, 0.2) is 0 Å². The van der Waals surface area contributed by atoms with Gasteiger partial charge in [-0.1, -0.05) is 18.2 Å². The Bertz CT molecular complexity index is 1030. The zero-order valence-corrected chi connectivity index (χ0v) is 17.6. The Morgan fingerprint density at radius 3 is 2.29 bits per heavy atom. The minimum atomic E-state index is -4.40. The van der Waals surface area contributed by atoms with Crippen molar-refractivity contribution in [3.8, 4) is 0 Å². The molecule has 0 aliphatic carbocycles. The Morgan fingerprint density at radius 1 is 1.13 bits per heavy atom. The lowest BCUT2D eigenvalue weighted by Gasteiger charge is -2.36. The standard InChI is InChI=1S/C20H22F3N3O4S/c1-24(14-15-3-2-4-16(13-15)20(21,22)23)17-9-11-25(12-10-17)31(29,30)19-7-5-18(6-8-19)26(27)28/h2-8,13,17H,9-12,14H2,1H3. The second-order valence-corrected chi connectivity index (χ2v) is 9.44. The van der Waals surface area contributed by atoms with Crippen LogP contribution in [0.25, 0.3) is 0 Å². The molecule has 0 unspecified atom stereocenters. The largest absolute Gasteiger partial charge is 0.416 e. The van der Waals surface area contributed by atoms with Crippen molar-refractivity contribution < 1.29 is 26.5 Å². The second kappa shape index (κ2) is 8.93. The molecule has 2 aromatic rings. The maximum atomic E-state index is 12.9. The maximum Gasteiger partial charge on any atom is 0.416 e. The Labute approximate surface area is 178 Å². The molecule has 1 aliphatic rings. The lowest BCUT2D eigenvalue weighted by atomic mass is 10.0. The molecule has 1 fully saturated rings. The molecule has 0 bridgehead atoms. The topological polar surface area (TPSA) is 83.8 Å². The van der Waals surface area contributed by atoms with Crippen LogP contribution in [0.1, 0.15) is 24.0 Å². The number of rotatable bonds is 6. The molecule has 0 spiro atoms. The van der Waals surface area contributed by atoms with Crippen LogP contribution in [-0.4, -0.2) is 48.7 Å². The first kappa shape index (κ1) is 23.2. The molecule has 3 rings (SSSR count). The maximum absolute atomic E-state index is 12.9. The summed E-state index contributed by atoms with van der Waals surface area (Å²) in [6.07, 6.45) is -3.34. The van der Waals surface area contributed by atoms with Crippen molar-refractivity contribution in [2.24, 2.45) is 0 Å². The summed E-state index contributed by atoms with van der Waals surface area (Å²) in [5.74, 6) is 0. The number of non-ortho nitro benzene ring substituents is 1. The molecule has 0 radical (unpaired) electrons. The van der Waals surface area contributed by atoms with Crippen LogP contribution in [0.3, 0.4) is 0 Å². The van der Waals surface area contributed by atoms with Gasteiger partial charge in [-0.15, -0.1) is 0 Å². The van der Waals surface area contributed by atoms with Crippen LogP contribution in [-0.2, 0) is 22.7 Å². The third-order valence-electron chi connectivity index (χ3n) is 5.42. The molecule has 0 N–H and O–H groups in total. The SMILES string of the molecule is CN(Cc1cccc(C(F)(F)F)c1)C1CCN(S(=O)(=O)c2ccc([N+](=O)[O-])cc2)CC1. The normalized spacial score (nSPS) is 16.5. The summed E-state index contributed by atoms with van der Waals surface area (Å²) >= 11 is 0. The highest BCUT2D eigenvalue weighted by Gasteiger charge is 2.32. The average molecular weight is 457 g/mol. The van der Waals surface area contributed by atoms with Gasteiger partial charge in [-0.2, -0.15) is 17.5 Å². The number of hydrogen-bond acceptors (Lipinski definition) is 5. The number of piperidine rings is 1. The highest BCUT2D eigenvalue weighted by atomic mass is 32.2. The smallest absolute Gasteiger partial charge is 0.299 e. The highest BCUT2D eigenvalue weighted by molar-refractivity contribution is 7.89. The minimum absolute atomic E-state index is 0.00568. The van der Waals surface area contributed by atoms with Gasteiger partial charge in [0.25, 0.3) is 5.69 Å². The van der Waals surface area contributed by atoms with E-state index in [0.717, 1.165) is 24.3 Å². The van der Waals surface area contributed by atoms with E-state index in [2.05, 4.69) is 0 Å². The zero-order valence-electron chi connectivity index (χ0n) is 16.7. The van der Waals surface area contributed by atoms with Gasteiger partial charge in [0.05, 0.1) is 15.4 Å². The number of nitro groups is 1. The first-order valence-corrected chi connectivity index (χ1v) is 11.0. The molecular formula is C20H22F3N3O4S. The molecule has 2 aromatic carbocycles. The lowest BCUT2D eigenvalue weighted by molar-refractivity contribution is -0.384. The molecule has 0 aromatic heterocycles. The van der Waals surface area contributed by atoms with Crippen LogP contribution >= 0.6 is 0 Å². The van der Waals surface area contributed by atoms with Crippen molar-refractivity contribution in [1.29, 1.82) is 0 Å². The number of sulfonamides is 1. The third-order valence-corrected chi connectivity index (χ3v) is 7.33. The fourth-order valence-corrected chi connectivity index (χ4v) is 5.14. The quantitative estimate of drug-likeness (QED) is 0.485. The van der Waals surface area contributed by atoms with Crippen molar-refractivity contribution in [2.75, 3.05) is 20.1 Å². The Kier molecular flexibility index (Phi) is 6.68. The molecule has 31 heavy (non-hydrogen) atoms. The van der Waals surface area contributed by atoms with Crippen molar-refractivity contribution in [3.63, 3.8) is 0 Å². The number of alkyl halides is 3. The number of nitrogens with zero attached hydrogens (tertiary/aromatic N) is 3. The number of nitro benzene ring substituents is 1. The Hall–Kier alpha value is -2.50. The fraction of sp³-hybridized carbons (Fsp3) is 0.400. The number of halogens is 3. The van der Waals surface area contributed by atoms with Crippen LogP contribution in [0.4, 0.5) is 18.9 Å². The van der Waals surface area contributed by atoms with E-state index in [0.29, 0.717) is 24.9 Å². The van der Waals surface area contributed by atoms with Gasteiger partial charge in [0, 0.05) is 37.8 Å². The summed E-state index contributed by atoms with van der Waals surface area (Å²) in [5, 5.41) is 10.7. The molecule has 11 heteroatoms. The van der Waals surface area contributed by atoms with Crippen molar-refractivity contribution in [3.05, 3.63) is 69.8 Å². The molecule has 1 heterocycles. The van der Waals surface area contributed by atoms with Crippen molar-refractivity contribution in [1.82, 2.24) is 9.21 Å². The van der Waals surface area contributed by atoms with E-state index in [-0.39, 0.29) is 29.7 Å². The molecule has 1 saturated heterocycles. The van der Waals surface area contributed by atoms with Gasteiger partial charge in [0.2, 0.25) is 10.0 Å². The zero-order chi connectivity index (χ0) is 22.8. The van der Waals surface area contributed by atoms with Crippen LogP contribution in [0, 0.1) is 10.1 Å².